The third-order valence-corrected chi connectivity index (χ3v) is 8.65. The molecule has 0 aromatic rings. The molecule has 9 nitrogen and oxygen atoms in total. The molecule has 0 aliphatic heterocycles. The number of aliphatic hydroxyl groups is 2. The fourth-order valence-corrected chi connectivity index (χ4v) is 5.76. The van der Waals surface area contributed by atoms with E-state index in [0.717, 1.165) is 38.5 Å². The molecule has 0 aromatic heterocycles. The average Bonchev–Trinajstić information content (AvgIpc) is 2.97. The Morgan fingerprint density at radius 3 is 1.79 bits per heavy atom. The molecule has 0 heterocycles. The van der Waals surface area contributed by atoms with Crippen LogP contribution < -0.4 is 11.1 Å². The summed E-state index contributed by atoms with van der Waals surface area (Å²) in [6.07, 6.45) is 25.9. The number of rotatable bonds is 32. The van der Waals surface area contributed by atoms with Gasteiger partial charge in [0.05, 0.1) is 37.9 Å². The lowest BCUT2D eigenvalue weighted by Gasteiger charge is -2.24. The van der Waals surface area contributed by atoms with Crippen molar-refractivity contribution >= 4 is 13.7 Å². The van der Waals surface area contributed by atoms with Gasteiger partial charge < -0.3 is 26.2 Å². The number of nitrogens with one attached hydrogen (secondary N) is 1. The van der Waals surface area contributed by atoms with Crippen molar-refractivity contribution in [2.45, 2.75) is 173 Å². The topological polar surface area (TPSA) is 151 Å². The summed E-state index contributed by atoms with van der Waals surface area (Å²) in [6.45, 7) is 3.91. The Balaban J connectivity index is 4.52. The van der Waals surface area contributed by atoms with E-state index in [-0.39, 0.29) is 19.6 Å². The second kappa shape index (κ2) is 29.9. The highest BCUT2D eigenvalue weighted by molar-refractivity contribution is 7.47. The minimum atomic E-state index is -4.38. The monoisotopic (exact) mass is 634 g/mol. The van der Waals surface area contributed by atoms with E-state index < -0.39 is 38.6 Å². The lowest BCUT2D eigenvalue weighted by Crippen LogP contribution is -2.46. The number of hydrogen-bond acceptors (Lipinski definition) is 7. The number of phosphoric ester groups is 1. The van der Waals surface area contributed by atoms with Gasteiger partial charge in [-0.15, -0.1) is 0 Å². The Hall–Kier alpha value is -0.800. The first-order valence-corrected chi connectivity index (χ1v) is 18.9. The van der Waals surface area contributed by atoms with Gasteiger partial charge in [0, 0.05) is 6.54 Å². The van der Waals surface area contributed by atoms with E-state index >= 15 is 0 Å². The summed E-state index contributed by atoms with van der Waals surface area (Å²) in [7, 11) is -4.38. The van der Waals surface area contributed by atoms with E-state index in [4.69, 9.17) is 14.8 Å². The molecular weight excluding hydrogens is 567 g/mol. The minimum Gasteiger partial charge on any atom is -0.393 e. The SMILES string of the molecule is CCCCCCCCCCCCC/C=C/C(O)C(COP(=O)(O)OCCN)NC(=O)CC(O)CCCCCCCCCC. The summed E-state index contributed by atoms with van der Waals surface area (Å²) >= 11 is 0. The molecule has 0 aliphatic carbocycles. The minimum absolute atomic E-state index is 0.0508. The molecule has 0 spiro atoms. The van der Waals surface area contributed by atoms with Crippen LogP contribution in [0.25, 0.3) is 0 Å². The van der Waals surface area contributed by atoms with E-state index in [1.807, 2.05) is 6.08 Å². The van der Waals surface area contributed by atoms with E-state index in [2.05, 4.69) is 19.2 Å². The molecule has 0 saturated heterocycles. The highest BCUT2D eigenvalue weighted by Crippen LogP contribution is 2.43. The summed E-state index contributed by atoms with van der Waals surface area (Å²) in [5, 5.41) is 23.8. The first kappa shape index (κ1) is 42.2. The maximum Gasteiger partial charge on any atom is 0.472 e. The van der Waals surface area contributed by atoms with Gasteiger partial charge in [-0.25, -0.2) is 4.57 Å². The van der Waals surface area contributed by atoms with Crippen molar-refractivity contribution in [2.75, 3.05) is 19.8 Å². The maximum absolute atomic E-state index is 12.6. The van der Waals surface area contributed by atoms with Crippen molar-refractivity contribution in [3.8, 4) is 0 Å². The Labute approximate surface area is 263 Å². The van der Waals surface area contributed by atoms with E-state index in [9.17, 15) is 24.5 Å². The molecule has 0 radical (unpaired) electrons. The summed E-state index contributed by atoms with van der Waals surface area (Å²) < 4.78 is 21.9. The zero-order valence-electron chi connectivity index (χ0n) is 27.6. The predicted octanol–water partition coefficient (Wildman–Crippen LogP) is 7.46. The first-order chi connectivity index (χ1) is 20.8. The van der Waals surface area contributed by atoms with Crippen molar-refractivity contribution in [3.05, 3.63) is 12.2 Å². The molecule has 0 saturated carbocycles. The van der Waals surface area contributed by atoms with Crippen molar-refractivity contribution in [1.82, 2.24) is 5.32 Å². The van der Waals surface area contributed by atoms with Crippen LogP contribution in [0.3, 0.4) is 0 Å². The highest BCUT2D eigenvalue weighted by atomic mass is 31.2. The van der Waals surface area contributed by atoms with Gasteiger partial charge in [0.1, 0.15) is 0 Å². The molecular formula is C33H67N2O7P. The van der Waals surface area contributed by atoms with Gasteiger partial charge in [0.2, 0.25) is 5.91 Å². The molecule has 0 aromatic carbocycles. The van der Waals surface area contributed by atoms with E-state index in [1.165, 1.54) is 89.9 Å². The fraction of sp³-hybridized carbons (Fsp3) is 0.909. The number of carbonyl (C=O) groups excluding carboxylic acids is 1. The van der Waals surface area contributed by atoms with Crippen molar-refractivity contribution in [1.29, 1.82) is 0 Å². The quantitative estimate of drug-likeness (QED) is 0.0290. The van der Waals surface area contributed by atoms with Crippen LogP contribution in [0.15, 0.2) is 12.2 Å². The second-order valence-electron chi connectivity index (χ2n) is 11.9. The molecule has 1 amide bonds. The maximum atomic E-state index is 12.6. The van der Waals surface area contributed by atoms with Crippen molar-refractivity contribution in [3.63, 3.8) is 0 Å². The summed E-state index contributed by atoms with van der Waals surface area (Å²) in [4.78, 5) is 22.5. The Morgan fingerprint density at radius 2 is 1.28 bits per heavy atom. The fourth-order valence-electron chi connectivity index (χ4n) is 5.00. The molecule has 4 atom stereocenters. The second-order valence-corrected chi connectivity index (χ2v) is 13.4. The van der Waals surface area contributed by atoms with Gasteiger partial charge in [-0.1, -0.05) is 142 Å². The molecule has 6 N–H and O–H groups in total. The number of allylic oxidation sites excluding steroid dienone is 1. The third-order valence-electron chi connectivity index (χ3n) is 7.67. The van der Waals surface area contributed by atoms with Gasteiger partial charge in [-0.2, -0.15) is 0 Å². The number of unbranched alkanes of at least 4 members (excludes halogenated alkanes) is 18. The summed E-state index contributed by atoms with van der Waals surface area (Å²) in [6, 6.07) is -0.974. The number of amides is 1. The predicted molar refractivity (Wildman–Crippen MR) is 177 cm³/mol. The lowest BCUT2D eigenvalue weighted by molar-refractivity contribution is -0.124. The molecule has 0 rings (SSSR count). The Kier molecular flexibility index (Phi) is 29.3. The van der Waals surface area contributed by atoms with Crippen molar-refractivity contribution in [2.24, 2.45) is 5.73 Å². The molecule has 0 fully saturated rings. The number of aliphatic hydroxyl groups excluding tert-OH is 2. The van der Waals surface area contributed by atoms with E-state index in [0.29, 0.717) is 6.42 Å². The van der Waals surface area contributed by atoms with Crippen LogP contribution in [-0.4, -0.2) is 59.0 Å². The largest absolute Gasteiger partial charge is 0.472 e. The molecule has 4 unspecified atom stereocenters. The van der Waals surface area contributed by atoms with Crippen LogP contribution in [0, 0.1) is 0 Å². The van der Waals surface area contributed by atoms with Crippen LogP contribution in [0.1, 0.15) is 155 Å². The average molecular weight is 635 g/mol. The normalized spacial score (nSPS) is 15.4. The Bertz CT molecular complexity index is 711. The zero-order valence-corrected chi connectivity index (χ0v) is 28.5. The van der Waals surface area contributed by atoms with Crippen LogP contribution >= 0.6 is 7.82 Å². The summed E-state index contributed by atoms with van der Waals surface area (Å²) in [5.41, 5.74) is 5.33. The zero-order chi connectivity index (χ0) is 32.0. The number of nitrogens with two attached hydrogens (primary N) is 1. The van der Waals surface area contributed by atoms with Gasteiger partial charge in [-0.3, -0.25) is 13.8 Å². The van der Waals surface area contributed by atoms with Crippen LogP contribution in [-0.2, 0) is 18.4 Å². The standard InChI is InChI=1S/C33H67N2O7P/c1-3-5-7-9-11-13-14-15-16-17-19-21-23-25-32(37)31(29-42-43(39,40)41-27-26-34)35-33(38)28-30(36)24-22-20-18-12-10-8-6-4-2/h23,25,30-32,36-37H,3-22,24,26-29,34H2,1-2H3,(H,35,38)(H,39,40)/b25-23+. The van der Waals surface area contributed by atoms with Crippen LogP contribution in [0.5, 0.6) is 0 Å². The van der Waals surface area contributed by atoms with Gasteiger partial charge in [0.25, 0.3) is 0 Å². The highest BCUT2D eigenvalue weighted by Gasteiger charge is 2.27. The Morgan fingerprint density at radius 1 is 0.791 bits per heavy atom. The third kappa shape index (κ3) is 28.4. The van der Waals surface area contributed by atoms with Crippen molar-refractivity contribution < 1.29 is 33.5 Å². The molecule has 43 heavy (non-hydrogen) atoms. The number of phosphoric acid groups is 1. The van der Waals surface area contributed by atoms with Crippen LogP contribution in [0.4, 0.5) is 0 Å². The van der Waals surface area contributed by atoms with E-state index in [1.54, 1.807) is 6.08 Å². The molecule has 10 heteroatoms. The lowest BCUT2D eigenvalue weighted by atomic mass is 10.0. The number of carbonyl (C=O) groups is 1. The summed E-state index contributed by atoms with van der Waals surface area (Å²) in [5.74, 6) is -0.450. The number of hydrogen-bond donors (Lipinski definition) is 5. The van der Waals surface area contributed by atoms with Gasteiger partial charge in [0.15, 0.2) is 0 Å². The van der Waals surface area contributed by atoms with Crippen LogP contribution in [0.2, 0.25) is 0 Å². The van der Waals surface area contributed by atoms with Gasteiger partial charge in [-0.05, 0) is 19.3 Å². The molecule has 0 aliphatic rings. The molecule has 0 bridgehead atoms. The smallest absolute Gasteiger partial charge is 0.393 e. The van der Waals surface area contributed by atoms with Gasteiger partial charge >= 0.3 is 7.82 Å². The first-order valence-electron chi connectivity index (χ1n) is 17.4. The molecule has 256 valence electrons.